The molecule has 128 valence electrons. The fourth-order valence-electron chi connectivity index (χ4n) is 4.23. The Labute approximate surface area is 148 Å². The number of nitrogens with zero attached hydrogens (tertiary/aromatic N) is 2. The molecule has 1 aliphatic carbocycles. The Morgan fingerprint density at radius 3 is 2.43 bits per heavy atom. The van der Waals surface area contributed by atoms with E-state index in [-0.39, 0.29) is 5.91 Å². The van der Waals surface area contributed by atoms with Gasteiger partial charge in [-0.1, -0.05) is 26.7 Å². The van der Waals surface area contributed by atoms with Crippen LogP contribution in [-0.4, -0.2) is 22.0 Å². The van der Waals surface area contributed by atoms with E-state index < -0.39 is 0 Å². The summed E-state index contributed by atoms with van der Waals surface area (Å²) in [6.45, 7) is 4.69. The summed E-state index contributed by atoms with van der Waals surface area (Å²) in [4.78, 5) is 18.5. The van der Waals surface area contributed by atoms with Gasteiger partial charge in [-0.15, -0.1) is 23.1 Å². The van der Waals surface area contributed by atoms with Crippen molar-refractivity contribution >= 4 is 34.1 Å². The quantitative estimate of drug-likeness (QED) is 0.707. The van der Waals surface area contributed by atoms with Crippen LogP contribution in [0.3, 0.4) is 0 Å². The van der Waals surface area contributed by atoms with Gasteiger partial charge in [0.1, 0.15) is 0 Å². The number of carbonyl (C=O) groups is 1. The van der Waals surface area contributed by atoms with E-state index in [4.69, 9.17) is 0 Å². The summed E-state index contributed by atoms with van der Waals surface area (Å²) in [5.74, 6) is 3.55. The van der Waals surface area contributed by atoms with Crippen LogP contribution in [0.4, 0.5) is 5.13 Å². The molecule has 2 aliphatic rings. The highest BCUT2D eigenvalue weighted by molar-refractivity contribution is 8.01. The molecule has 3 rings (SSSR count). The van der Waals surface area contributed by atoms with Crippen molar-refractivity contribution in [2.24, 2.45) is 17.8 Å². The second-order valence-corrected chi connectivity index (χ2v) is 9.08. The van der Waals surface area contributed by atoms with E-state index in [0.717, 1.165) is 29.3 Å². The zero-order chi connectivity index (χ0) is 16.2. The summed E-state index contributed by atoms with van der Waals surface area (Å²) < 4.78 is 0. The molecule has 0 bridgehead atoms. The van der Waals surface area contributed by atoms with Crippen LogP contribution < -0.4 is 4.90 Å². The van der Waals surface area contributed by atoms with Crippen molar-refractivity contribution in [3.8, 4) is 0 Å². The van der Waals surface area contributed by atoms with Crippen molar-refractivity contribution in [2.75, 3.05) is 10.7 Å². The molecule has 5 heteroatoms. The summed E-state index contributed by atoms with van der Waals surface area (Å²) >= 11 is 3.38. The van der Waals surface area contributed by atoms with Crippen molar-refractivity contribution in [1.82, 2.24) is 4.98 Å². The second kappa shape index (κ2) is 8.02. The van der Waals surface area contributed by atoms with Gasteiger partial charge in [0.2, 0.25) is 5.91 Å². The first-order valence-corrected chi connectivity index (χ1v) is 11.0. The monoisotopic (exact) mass is 352 g/mol. The molecule has 0 aromatic carbocycles. The molecule has 3 atom stereocenters. The highest BCUT2D eigenvalue weighted by atomic mass is 32.2. The van der Waals surface area contributed by atoms with Gasteiger partial charge in [-0.2, -0.15) is 0 Å². The Morgan fingerprint density at radius 2 is 1.83 bits per heavy atom. The Kier molecular flexibility index (Phi) is 6.02. The molecule has 1 saturated carbocycles. The molecule has 2 heterocycles. The smallest absolute Gasteiger partial charge is 0.239 e. The molecule has 2 fully saturated rings. The summed E-state index contributed by atoms with van der Waals surface area (Å²) in [5, 5.41) is 3.14. The number of thiazole rings is 1. The number of hydrogen-bond acceptors (Lipinski definition) is 4. The van der Waals surface area contributed by atoms with Gasteiger partial charge in [-0.05, 0) is 49.9 Å². The Morgan fingerprint density at radius 1 is 1.13 bits per heavy atom. The molecule has 0 N–H and O–H groups in total. The first kappa shape index (κ1) is 17.3. The second-order valence-electron chi connectivity index (χ2n) is 7.04. The van der Waals surface area contributed by atoms with E-state index >= 15 is 0 Å². The third kappa shape index (κ3) is 4.11. The van der Waals surface area contributed by atoms with E-state index in [1.54, 1.807) is 29.3 Å². The van der Waals surface area contributed by atoms with Crippen molar-refractivity contribution < 1.29 is 4.79 Å². The number of hydrogen-bond donors (Lipinski definition) is 0. The maximum atomic E-state index is 12.2. The first-order chi connectivity index (χ1) is 11.2. The summed E-state index contributed by atoms with van der Waals surface area (Å²) in [7, 11) is 0. The predicted octanol–water partition coefficient (Wildman–Crippen LogP) is 5.18. The average molecular weight is 353 g/mol. The lowest BCUT2D eigenvalue weighted by molar-refractivity contribution is -0.115. The summed E-state index contributed by atoms with van der Waals surface area (Å²) in [5.41, 5.74) is 0. The van der Waals surface area contributed by atoms with Gasteiger partial charge in [0.25, 0.3) is 0 Å². The lowest BCUT2D eigenvalue weighted by Gasteiger charge is -2.35. The number of thioether (sulfide) groups is 1. The molecule has 23 heavy (non-hydrogen) atoms. The zero-order valence-electron chi connectivity index (χ0n) is 14.2. The number of anilines is 1. The standard InChI is InChI=1S/C18H28N2OS2/c1-3-13-9-14(4-2)11-15(10-13)5-6-17-20(16(21)12-23-17)18-19-7-8-22-18/h7-8,13-15,17H,3-6,9-12H2,1-2H3. The fraction of sp³-hybridized carbons (Fsp3) is 0.778. The lowest BCUT2D eigenvalue weighted by atomic mass is 9.72. The Bertz CT molecular complexity index is 493. The zero-order valence-corrected chi connectivity index (χ0v) is 15.9. The van der Waals surface area contributed by atoms with Crippen LogP contribution in [0.25, 0.3) is 0 Å². The molecular formula is C18H28N2OS2. The van der Waals surface area contributed by atoms with Gasteiger partial charge in [-0.25, -0.2) is 4.98 Å². The van der Waals surface area contributed by atoms with Crippen LogP contribution in [0.15, 0.2) is 11.6 Å². The van der Waals surface area contributed by atoms with Gasteiger partial charge in [0, 0.05) is 11.6 Å². The maximum Gasteiger partial charge on any atom is 0.239 e. The molecule has 0 spiro atoms. The SMILES string of the molecule is CCC1CC(CC)CC(CCC2SCC(=O)N2c2nccs2)C1. The Hall–Kier alpha value is -0.550. The molecule has 3 unspecified atom stereocenters. The number of carbonyl (C=O) groups excluding carboxylic acids is 1. The van der Waals surface area contributed by atoms with Crippen molar-refractivity contribution in [3.05, 3.63) is 11.6 Å². The van der Waals surface area contributed by atoms with E-state index in [1.165, 1.54) is 38.5 Å². The molecular weight excluding hydrogens is 324 g/mol. The van der Waals surface area contributed by atoms with Gasteiger partial charge in [0.15, 0.2) is 5.13 Å². The van der Waals surface area contributed by atoms with Gasteiger partial charge < -0.3 is 0 Å². The largest absolute Gasteiger partial charge is 0.275 e. The van der Waals surface area contributed by atoms with Crippen molar-refractivity contribution in [3.63, 3.8) is 0 Å². The lowest BCUT2D eigenvalue weighted by Crippen LogP contribution is -2.33. The van der Waals surface area contributed by atoms with Crippen LogP contribution >= 0.6 is 23.1 Å². The maximum absolute atomic E-state index is 12.2. The molecule has 1 saturated heterocycles. The van der Waals surface area contributed by atoms with E-state index in [0.29, 0.717) is 11.1 Å². The van der Waals surface area contributed by atoms with Gasteiger partial charge in [0.05, 0.1) is 11.1 Å². The first-order valence-electron chi connectivity index (χ1n) is 9.04. The normalized spacial score (nSPS) is 31.7. The van der Waals surface area contributed by atoms with E-state index in [2.05, 4.69) is 18.8 Å². The van der Waals surface area contributed by atoms with Crippen LogP contribution in [-0.2, 0) is 4.79 Å². The summed E-state index contributed by atoms with van der Waals surface area (Å²) in [6.07, 6.45) is 11.1. The van der Waals surface area contributed by atoms with Crippen LogP contribution in [0.1, 0.15) is 58.8 Å². The van der Waals surface area contributed by atoms with Crippen LogP contribution in [0, 0.1) is 17.8 Å². The number of amides is 1. The minimum Gasteiger partial charge on any atom is -0.275 e. The van der Waals surface area contributed by atoms with Crippen LogP contribution in [0.2, 0.25) is 0 Å². The minimum absolute atomic E-state index is 0.233. The molecule has 1 aromatic heterocycles. The topological polar surface area (TPSA) is 33.2 Å². The van der Waals surface area contributed by atoms with E-state index in [1.807, 2.05) is 10.3 Å². The third-order valence-corrected chi connectivity index (χ3v) is 7.57. The fourth-order valence-corrected chi connectivity index (χ4v) is 6.15. The number of aromatic nitrogens is 1. The van der Waals surface area contributed by atoms with Crippen molar-refractivity contribution in [2.45, 2.75) is 64.2 Å². The molecule has 1 aromatic rings. The van der Waals surface area contributed by atoms with Crippen molar-refractivity contribution in [1.29, 1.82) is 0 Å². The molecule has 1 aliphatic heterocycles. The molecule has 0 radical (unpaired) electrons. The highest BCUT2D eigenvalue weighted by Gasteiger charge is 2.35. The Balaban J connectivity index is 1.57. The van der Waals surface area contributed by atoms with Gasteiger partial charge in [-0.3, -0.25) is 9.69 Å². The molecule has 3 nitrogen and oxygen atoms in total. The average Bonchev–Trinajstić information content (AvgIpc) is 3.21. The predicted molar refractivity (Wildman–Crippen MR) is 100.0 cm³/mol. The third-order valence-electron chi connectivity index (χ3n) is 5.56. The summed E-state index contributed by atoms with van der Waals surface area (Å²) in [6, 6.07) is 0. The number of rotatable bonds is 6. The van der Waals surface area contributed by atoms with E-state index in [9.17, 15) is 4.79 Å². The minimum atomic E-state index is 0.233. The molecule has 1 amide bonds. The highest BCUT2D eigenvalue weighted by Crippen LogP contribution is 2.41. The van der Waals surface area contributed by atoms with Gasteiger partial charge >= 0.3 is 0 Å². The van der Waals surface area contributed by atoms with Crippen LogP contribution in [0.5, 0.6) is 0 Å².